The number of aromatic nitrogens is 1. The molecule has 1 saturated carbocycles. The van der Waals surface area contributed by atoms with E-state index in [9.17, 15) is 4.39 Å². The topological polar surface area (TPSA) is 95.0 Å². The van der Waals surface area contributed by atoms with E-state index in [1.54, 1.807) is 0 Å². The molecule has 7 nitrogen and oxygen atoms in total. The molecule has 2 fully saturated rings. The van der Waals surface area contributed by atoms with Crippen molar-refractivity contribution in [3.05, 3.63) is 52.9 Å². The number of benzene rings is 1. The van der Waals surface area contributed by atoms with Crippen LogP contribution in [0.25, 0.3) is 0 Å². The molecule has 1 aliphatic heterocycles. The van der Waals surface area contributed by atoms with Crippen LogP contribution in [0.1, 0.15) is 30.4 Å². The van der Waals surface area contributed by atoms with Crippen LogP contribution in [0.2, 0.25) is 0 Å². The molecule has 2 aromatic rings. The molecule has 0 radical (unpaired) electrons. The summed E-state index contributed by atoms with van der Waals surface area (Å²) in [5, 5.41) is 25.7. The summed E-state index contributed by atoms with van der Waals surface area (Å²) in [6.07, 6.45) is 7.42. The second-order valence-electron chi connectivity index (χ2n) is 9.22. The maximum Gasteiger partial charge on any atom is 0.143 e. The number of aryl methyl sites for hydroxylation is 1. The number of hydrogen-bond acceptors (Lipinski definition) is 6. The molecule has 0 atom stereocenters. The van der Waals surface area contributed by atoms with Crippen molar-refractivity contribution in [3.8, 4) is 0 Å². The van der Waals surface area contributed by atoms with Crippen molar-refractivity contribution < 1.29 is 4.39 Å². The van der Waals surface area contributed by atoms with Crippen LogP contribution in [0, 0.1) is 27.5 Å². The predicted octanol–water partition coefficient (Wildman–Crippen LogP) is 3.13. The summed E-state index contributed by atoms with van der Waals surface area (Å²) in [4.78, 5) is 4.81. The molecule has 170 valence electrons. The van der Waals surface area contributed by atoms with E-state index in [1.165, 1.54) is 41.6 Å². The third kappa shape index (κ3) is 4.19. The molecular weight excluding hydrogens is 405 g/mol. The minimum atomic E-state index is -0.343. The standard InChI is InChI=1S/C24H32FN7/c1-29-22-9-19(6-5-18(22)12-26)30(2)20-10-24(11-20)14-31(15-24)7-3-4-17-8-23(28)32(16-27)13-21(17)25/h5-6,8-9,12-13,16,20,26-29H,3-4,7,10-11,14-15H2,1-2H3. The maximum absolute atomic E-state index is 14.1. The van der Waals surface area contributed by atoms with Gasteiger partial charge in [0.15, 0.2) is 0 Å². The third-order valence-electron chi connectivity index (χ3n) is 7.08. The lowest BCUT2D eigenvalue weighted by Gasteiger charge is -2.61. The predicted molar refractivity (Wildman–Crippen MR) is 127 cm³/mol. The monoisotopic (exact) mass is 437 g/mol. The largest absolute Gasteiger partial charge is 0.388 e. The van der Waals surface area contributed by atoms with Gasteiger partial charge in [0.25, 0.3) is 0 Å². The van der Waals surface area contributed by atoms with Gasteiger partial charge in [0.05, 0.1) is 6.34 Å². The molecule has 4 N–H and O–H groups in total. The number of hydrogen-bond donors (Lipinski definition) is 4. The Morgan fingerprint density at radius 1 is 1.25 bits per heavy atom. The first-order chi connectivity index (χ1) is 15.4. The molecule has 2 heterocycles. The van der Waals surface area contributed by atoms with Gasteiger partial charge in [-0.1, -0.05) is 0 Å². The molecule has 0 bridgehead atoms. The highest BCUT2D eigenvalue weighted by Crippen LogP contribution is 2.50. The first-order valence-electron chi connectivity index (χ1n) is 11.1. The van der Waals surface area contributed by atoms with E-state index in [0.29, 0.717) is 23.4 Å². The second kappa shape index (κ2) is 8.86. The Morgan fingerprint density at radius 3 is 2.66 bits per heavy atom. The van der Waals surface area contributed by atoms with E-state index in [-0.39, 0.29) is 11.3 Å². The smallest absolute Gasteiger partial charge is 0.143 e. The van der Waals surface area contributed by atoms with E-state index in [1.807, 2.05) is 13.1 Å². The molecular formula is C24H32FN7. The molecule has 1 aromatic heterocycles. The number of rotatable bonds is 9. The SMILES string of the molecule is CNc1cc(N(C)C2CC3(C2)CN(CCCc2cc(=N)n(C=N)cc2F)C3)ccc1C=N. The molecule has 1 spiro atoms. The van der Waals surface area contributed by atoms with Crippen molar-refractivity contribution in [1.82, 2.24) is 9.47 Å². The Bertz CT molecular complexity index is 1060. The summed E-state index contributed by atoms with van der Waals surface area (Å²) in [5.41, 5.74) is 4.18. The Hall–Kier alpha value is -3.00. The zero-order valence-electron chi connectivity index (χ0n) is 18.8. The fourth-order valence-corrected chi connectivity index (χ4v) is 5.22. The second-order valence-corrected chi connectivity index (χ2v) is 9.22. The van der Waals surface area contributed by atoms with E-state index in [2.05, 4.69) is 34.3 Å². The average Bonchev–Trinajstić information content (AvgIpc) is 2.74. The lowest BCUT2D eigenvalue weighted by atomic mass is 9.60. The van der Waals surface area contributed by atoms with Crippen molar-refractivity contribution in [1.29, 1.82) is 16.2 Å². The highest BCUT2D eigenvalue weighted by Gasteiger charge is 2.52. The summed E-state index contributed by atoms with van der Waals surface area (Å²) in [5.74, 6) is -0.343. The van der Waals surface area contributed by atoms with Gasteiger partial charge in [0.2, 0.25) is 0 Å². The zero-order valence-corrected chi connectivity index (χ0v) is 18.8. The van der Waals surface area contributed by atoms with Gasteiger partial charge >= 0.3 is 0 Å². The normalized spacial score (nSPS) is 17.5. The molecule has 32 heavy (non-hydrogen) atoms. The lowest BCUT2D eigenvalue weighted by Crippen LogP contribution is -2.66. The van der Waals surface area contributed by atoms with Gasteiger partial charge in [-0.2, -0.15) is 0 Å². The van der Waals surface area contributed by atoms with Crippen LogP contribution in [0.4, 0.5) is 15.8 Å². The number of anilines is 2. The number of halogens is 1. The minimum absolute atomic E-state index is 0.137. The van der Waals surface area contributed by atoms with Gasteiger partial charge in [0.1, 0.15) is 11.3 Å². The number of pyridine rings is 1. The van der Waals surface area contributed by atoms with Crippen LogP contribution < -0.4 is 15.7 Å². The van der Waals surface area contributed by atoms with Crippen LogP contribution in [-0.4, -0.2) is 61.8 Å². The molecule has 1 saturated heterocycles. The van der Waals surface area contributed by atoms with Gasteiger partial charge in [-0.15, -0.1) is 0 Å². The molecule has 1 aliphatic carbocycles. The van der Waals surface area contributed by atoms with Crippen LogP contribution in [0.5, 0.6) is 0 Å². The summed E-state index contributed by atoms with van der Waals surface area (Å²) >= 11 is 0. The molecule has 2 aliphatic rings. The highest BCUT2D eigenvalue weighted by molar-refractivity contribution is 5.87. The van der Waals surface area contributed by atoms with Crippen molar-refractivity contribution in [2.24, 2.45) is 5.41 Å². The molecule has 1 aromatic carbocycles. The Morgan fingerprint density at radius 2 is 2.00 bits per heavy atom. The molecule has 0 amide bonds. The van der Waals surface area contributed by atoms with Gasteiger partial charge in [-0.3, -0.25) is 15.4 Å². The van der Waals surface area contributed by atoms with Crippen molar-refractivity contribution in [3.63, 3.8) is 0 Å². The number of nitrogens with one attached hydrogen (secondary N) is 4. The van der Waals surface area contributed by atoms with E-state index in [0.717, 1.165) is 43.6 Å². The van der Waals surface area contributed by atoms with Gasteiger partial charge < -0.3 is 20.5 Å². The Balaban J connectivity index is 1.23. The minimum Gasteiger partial charge on any atom is -0.388 e. The van der Waals surface area contributed by atoms with Crippen LogP contribution >= 0.6 is 0 Å². The zero-order chi connectivity index (χ0) is 22.9. The van der Waals surface area contributed by atoms with E-state index in [4.69, 9.17) is 16.2 Å². The molecule has 8 heteroatoms. The Labute approximate surface area is 188 Å². The van der Waals surface area contributed by atoms with Gasteiger partial charge in [0, 0.05) is 62.6 Å². The first-order valence-corrected chi connectivity index (χ1v) is 11.1. The summed E-state index contributed by atoms with van der Waals surface area (Å²) < 4.78 is 15.3. The molecule has 4 rings (SSSR count). The number of likely N-dealkylation sites (tertiary alicyclic amines) is 1. The fourth-order valence-electron chi connectivity index (χ4n) is 5.22. The third-order valence-corrected chi connectivity index (χ3v) is 7.08. The number of nitrogens with zero attached hydrogens (tertiary/aromatic N) is 3. The average molecular weight is 438 g/mol. The first kappa shape index (κ1) is 22.2. The van der Waals surface area contributed by atoms with Crippen LogP contribution in [-0.2, 0) is 6.42 Å². The quantitative estimate of drug-likeness (QED) is 0.359. The van der Waals surface area contributed by atoms with Crippen molar-refractivity contribution in [2.45, 2.75) is 31.7 Å². The summed E-state index contributed by atoms with van der Waals surface area (Å²) in [7, 11) is 4.04. The van der Waals surface area contributed by atoms with Gasteiger partial charge in [-0.25, -0.2) is 4.39 Å². The van der Waals surface area contributed by atoms with Crippen LogP contribution in [0.3, 0.4) is 0 Å². The van der Waals surface area contributed by atoms with E-state index >= 15 is 0 Å². The van der Waals surface area contributed by atoms with Crippen molar-refractivity contribution in [2.75, 3.05) is 43.9 Å². The van der Waals surface area contributed by atoms with E-state index < -0.39 is 0 Å². The molecule has 0 unspecified atom stereocenters. The highest BCUT2D eigenvalue weighted by atomic mass is 19.1. The lowest BCUT2D eigenvalue weighted by molar-refractivity contribution is -0.0715. The van der Waals surface area contributed by atoms with Crippen LogP contribution in [0.15, 0.2) is 30.5 Å². The maximum atomic E-state index is 14.1. The Kier molecular flexibility index (Phi) is 6.15. The summed E-state index contributed by atoms with van der Waals surface area (Å²) in [6, 6.07) is 8.27. The fraction of sp³-hybridized carbons (Fsp3) is 0.458. The van der Waals surface area contributed by atoms with Gasteiger partial charge in [-0.05, 0) is 67.5 Å². The summed E-state index contributed by atoms with van der Waals surface area (Å²) in [6.45, 7) is 3.17. The van der Waals surface area contributed by atoms with Crippen molar-refractivity contribution >= 4 is 23.9 Å².